The van der Waals surface area contributed by atoms with Crippen molar-refractivity contribution in [2.45, 2.75) is 6.54 Å². The summed E-state index contributed by atoms with van der Waals surface area (Å²) in [6.45, 7) is 7.49. The molecule has 1 fully saturated rings. The van der Waals surface area contributed by atoms with Crippen molar-refractivity contribution in [2.24, 2.45) is 0 Å². The maximum Gasteiger partial charge on any atom is 0.201 e. The van der Waals surface area contributed by atoms with Gasteiger partial charge in [-0.1, -0.05) is 30.3 Å². The minimum Gasteiger partial charge on any atom is -0.355 e. The highest BCUT2D eigenvalue weighted by atomic mass is 15.3. The summed E-state index contributed by atoms with van der Waals surface area (Å²) >= 11 is 0. The van der Waals surface area contributed by atoms with Gasteiger partial charge >= 0.3 is 0 Å². The zero-order valence-corrected chi connectivity index (χ0v) is 14.4. The third-order valence-corrected chi connectivity index (χ3v) is 4.72. The number of hydrogen-bond acceptors (Lipinski definition) is 5. The summed E-state index contributed by atoms with van der Waals surface area (Å²) in [5, 5.41) is 3.38. The Morgan fingerprint density at radius 2 is 1.80 bits per heavy atom. The Bertz CT molecular complexity index is 759. The lowest BCUT2D eigenvalue weighted by Crippen LogP contribution is -2.47. The second-order valence-corrected chi connectivity index (χ2v) is 6.51. The number of piperazine rings is 1. The molecular formula is C19H24N6. The van der Waals surface area contributed by atoms with Gasteiger partial charge in [-0.3, -0.25) is 14.8 Å². The molecule has 1 saturated heterocycles. The number of benzene rings is 1. The van der Waals surface area contributed by atoms with Crippen LogP contribution < -0.4 is 5.32 Å². The summed E-state index contributed by atoms with van der Waals surface area (Å²) in [6.07, 6.45) is 3.57. The van der Waals surface area contributed by atoms with Gasteiger partial charge in [0, 0.05) is 52.0 Å². The molecule has 0 spiro atoms. The molecule has 2 N–H and O–H groups in total. The Kier molecular flexibility index (Phi) is 4.90. The zero-order valence-electron chi connectivity index (χ0n) is 14.4. The molecule has 0 atom stereocenters. The van der Waals surface area contributed by atoms with Crippen molar-refractivity contribution < 1.29 is 0 Å². The lowest BCUT2D eigenvalue weighted by molar-refractivity contribution is 0.130. The number of fused-ring (bicyclic) bond motifs is 1. The van der Waals surface area contributed by atoms with Crippen LogP contribution in [0, 0.1) is 0 Å². The molecule has 0 aliphatic carbocycles. The fourth-order valence-corrected chi connectivity index (χ4v) is 3.29. The molecule has 3 heterocycles. The van der Waals surface area contributed by atoms with E-state index in [1.807, 2.05) is 6.07 Å². The lowest BCUT2D eigenvalue weighted by atomic mass is 10.2. The number of nitrogens with zero attached hydrogens (tertiary/aromatic N) is 4. The number of hydrogen-bond donors (Lipinski definition) is 2. The number of pyridine rings is 1. The standard InChI is InChI=1S/C19H24N6/c1-2-4-16(5-3-1)15-25-12-10-24(11-13-25)9-8-21-19-22-17-6-7-20-14-18(17)23-19/h1-7,14H,8-13,15H2,(H2,21,22,23). The highest BCUT2D eigenvalue weighted by molar-refractivity contribution is 5.76. The van der Waals surface area contributed by atoms with Crippen molar-refractivity contribution in [1.29, 1.82) is 0 Å². The summed E-state index contributed by atoms with van der Waals surface area (Å²) in [6, 6.07) is 12.6. The second-order valence-electron chi connectivity index (χ2n) is 6.51. The minimum absolute atomic E-state index is 0.825. The van der Waals surface area contributed by atoms with E-state index in [0.29, 0.717) is 0 Å². The van der Waals surface area contributed by atoms with Crippen LogP contribution in [-0.2, 0) is 6.54 Å². The van der Waals surface area contributed by atoms with Crippen LogP contribution in [0.5, 0.6) is 0 Å². The van der Waals surface area contributed by atoms with Crippen molar-refractivity contribution in [3.8, 4) is 0 Å². The molecule has 1 aliphatic rings. The number of aromatic nitrogens is 3. The third-order valence-electron chi connectivity index (χ3n) is 4.72. The smallest absolute Gasteiger partial charge is 0.201 e. The molecule has 0 amide bonds. The van der Waals surface area contributed by atoms with Crippen LogP contribution >= 0.6 is 0 Å². The number of H-pyrrole nitrogens is 1. The zero-order chi connectivity index (χ0) is 16.9. The molecular weight excluding hydrogens is 312 g/mol. The molecule has 2 aromatic heterocycles. The predicted molar refractivity (Wildman–Crippen MR) is 101 cm³/mol. The van der Waals surface area contributed by atoms with Gasteiger partial charge in [-0.25, -0.2) is 4.98 Å². The van der Waals surface area contributed by atoms with E-state index in [0.717, 1.165) is 62.8 Å². The van der Waals surface area contributed by atoms with Gasteiger partial charge in [0.25, 0.3) is 0 Å². The number of aromatic amines is 1. The Labute approximate surface area is 147 Å². The van der Waals surface area contributed by atoms with Crippen LogP contribution in [0.3, 0.4) is 0 Å². The monoisotopic (exact) mass is 336 g/mol. The highest BCUT2D eigenvalue weighted by Crippen LogP contribution is 2.12. The topological polar surface area (TPSA) is 60.1 Å². The quantitative estimate of drug-likeness (QED) is 0.723. The molecule has 1 aromatic carbocycles. The van der Waals surface area contributed by atoms with Gasteiger partial charge < -0.3 is 10.3 Å². The van der Waals surface area contributed by atoms with Crippen molar-refractivity contribution in [1.82, 2.24) is 24.8 Å². The summed E-state index contributed by atoms with van der Waals surface area (Å²) in [5.74, 6) is 0.825. The molecule has 6 heteroatoms. The first-order valence-electron chi connectivity index (χ1n) is 8.89. The van der Waals surface area contributed by atoms with Crippen molar-refractivity contribution >= 4 is 17.0 Å². The van der Waals surface area contributed by atoms with E-state index in [9.17, 15) is 0 Å². The van der Waals surface area contributed by atoms with Crippen LogP contribution in [0.4, 0.5) is 5.95 Å². The molecule has 0 radical (unpaired) electrons. The van der Waals surface area contributed by atoms with E-state index >= 15 is 0 Å². The Hall–Kier alpha value is -2.44. The SMILES string of the molecule is c1ccc(CN2CCN(CCNc3nc4ccncc4[nH]3)CC2)cc1. The van der Waals surface area contributed by atoms with E-state index in [1.54, 1.807) is 12.4 Å². The number of anilines is 1. The summed E-state index contributed by atoms with van der Waals surface area (Å²) in [7, 11) is 0. The summed E-state index contributed by atoms with van der Waals surface area (Å²) in [5.41, 5.74) is 3.32. The Morgan fingerprint density at radius 1 is 1.00 bits per heavy atom. The molecule has 3 aromatic rings. The number of rotatable bonds is 6. The molecule has 130 valence electrons. The normalized spacial score (nSPS) is 16.3. The van der Waals surface area contributed by atoms with E-state index in [2.05, 4.69) is 60.4 Å². The predicted octanol–water partition coefficient (Wildman–Crippen LogP) is 2.19. The van der Waals surface area contributed by atoms with Gasteiger partial charge in [-0.05, 0) is 11.6 Å². The van der Waals surface area contributed by atoms with Gasteiger partial charge in [0.2, 0.25) is 5.95 Å². The first kappa shape index (κ1) is 16.1. The van der Waals surface area contributed by atoms with Gasteiger partial charge in [-0.2, -0.15) is 0 Å². The van der Waals surface area contributed by atoms with Crippen LogP contribution in [-0.4, -0.2) is 64.0 Å². The van der Waals surface area contributed by atoms with Crippen molar-refractivity contribution in [3.63, 3.8) is 0 Å². The molecule has 25 heavy (non-hydrogen) atoms. The average molecular weight is 336 g/mol. The maximum atomic E-state index is 4.52. The second kappa shape index (κ2) is 7.63. The van der Waals surface area contributed by atoms with Gasteiger partial charge in [-0.15, -0.1) is 0 Å². The maximum absolute atomic E-state index is 4.52. The van der Waals surface area contributed by atoms with E-state index in [-0.39, 0.29) is 0 Å². The Balaban J connectivity index is 1.20. The van der Waals surface area contributed by atoms with Crippen LogP contribution in [0.25, 0.3) is 11.0 Å². The van der Waals surface area contributed by atoms with Gasteiger partial charge in [0.1, 0.15) is 0 Å². The van der Waals surface area contributed by atoms with E-state index in [4.69, 9.17) is 0 Å². The largest absolute Gasteiger partial charge is 0.355 e. The van der Waals surface area contributed by atoms with Crippen molar-refractivity contribution in [2.75, 3.05) is 44.6 Å². The summed E-state index contributed by atoms with van der Waals surface area (Å²) in [4.78, 5) is 16.9. The van der Waals surface area contributed by atoms with E-state index < -0.39 is 0 Å². The first-order valence-corrected chi connectivity index (χ1v) is 8.89. The third kappa shape index (κ3) is 4.15. The molecule has 0 bridgehead atoms. The van der Waals surface area contributed by atoms with Gasteiger partial charge in [0.05, 0.1) is 17.2 Å². The van der Waals surface area contributed by atoms with Gasteiger partial charge in [0.15, 0.2) is 0 Å². The fraction of sp³-hybridized carbons (Fsp3) is 0.368. The molecule has 6 nitrogen and oxygen atoms in total. The van der Waals surface area contributed by atoms with Crippen LogP contribution in [0.1, 0.15) is 5.56 Å². The minimum atomic E-state index is 0.825. The Morgan fingerprint density at radius 3 is 2.60 bits per heavy atom. The number of imidazole rings is 1. The number of nitrogens with one attached hydrogen (secondary N) is 2. The summed E-state index contributed by atoms with van der Waals surface area (Å²) < 4.78 is 0. The van der Waals surface area contributed by atoms with Crippen LogP contribution in [0.2, 0.25) is 0 Å². The highest BCUT2D eigenvalue weighted by Gasteiger charge is 2.16. The molecule has 0 unspecified atom stereocenters. The molecule has 1 aliphatic heterocycles. The van der Waals surface area contributed by atoms with Crippen molar-refractivity contribution in [3.05, 3.63) is 54.4 Å². The van der Waals surface area contributed by atoms with Crippen LogP contribution in [0.15, 0.2) is 48.8 Å². The van der Waals surface area contributed by atoms with E-state index in [1.165, 1.54) is 5.56 Å². The fourth-order valence-electron chi connectivity index (χ4n) is 3.29. The molecule has 0 saturated carbocycles. The molecule has 4 rings (SSSR count). The first-order chi connectivity index (χ1) is 12.4. The average Bonchev–Trinajstić information content (AvgIpc) is 3.07. The lowest BCUT2D eigenvalue weighted by Gasteiger charge is -2.34.